The molecule has 0 bridgehead atoms. The summed E-state index contributed by atoms with van der Waals surface area (Å²) in [6, 6.07) is 13.3. The Morgan fingerprint density at radius 1 is 1.00 bits per heavy atom. The van der Waals surface area contributed by atoms with Crippen LogP contribution in [0.5, 0.6) is 0 Å². The van der Waals surface area contributed by atoms with E-state index < -0.39 is 0 Å². The second-order valence-corrected chi connectivity index (χ2v) is 3.48. The molecular weight excluding hydrogens is 200 g/mol. The zero-order valence-corrected chi connectivity index (χ0v) is 9.01. The molecule has 0 saturated carbocycles. The van der Waals surface area contributed by atoms with Gasteiger partial charge >= 0.3 is 0 Å². The molecule has 2 rings (SSSR count). The van der Waals surface area contributed by atoms with E-state index in [0.29, 0.717) is 11.5 Å². The summed E-state index contributed by atoms with van der Waals surface area (Å²) in [5.41, 5.74) is 8.23. The number of aromatic amines is 1. The highest BCUT2D eigenvalue weighted by molar-refractivity contribution is 5.53. The van der Waals surface area contributed by atoms with E-state index in [2.05, 4.69) is 15.2 Å². The van der Waals surface area contributed by atoms with Crippen LogP contribution in [0.25, 0.3) is 0 Å². The molecule has 2 aromatic rings. The van der Waals surface area contributed by atoms with Crippen molar-refractivity contribution in [2.75, 3.05) is 5.73 Å². The molecule has 0 atom stereocenters. The fourth-order valence-electron chi connectivity index (χ4n) is 1.31. The summed E-state index contributed by atoms with van der Waals surface area (Å²) < 4.78 is 0. The highest BCUT2D eigenvalue weighted by Crippen LogP contribution is 2.20. The predicted molar refractivity (Wildman–Crippen MR) is 62.8 cm³/mol. The van der Waals surface area contributed by atoms with Crippen molar-refractivity contribution in [1.82, 2.24) is 0 Å². The number of hydrogen-bond donors (Lipinski definition) is 1. The Morgan fingerprint density at radius 2 is 1.75 bits per heavy atom. The average Bonchev–Trinajstić information content (AvgIpc) is 2.29. The highest BCUT2D eigenvalue weighted by Gasteiger charge is 2.03. The van der Waals surface area contributed by atoms with Gasteiger partial charge in [-0.2, -0.15) is 5.11 Å². The van der Waals surface area contributed by atoms with Gasteiger partial charge in [-0.25, -0.2) is 4.98 Å². The van der Waals surface area contributed by atoms with Crippen LogP contribution in [0.4, 0.5) is 17.2 Å². The fraction of sp³-hybridized carbons (Fsp3) is 0.0833. The van der Waals surface area contributed by atoms with E-state index in [1.807, 2.05) is 49.4 Å². The SMILES string of the molecule is Cc1ccc(N=Nc2ccccc2)c(N)[nH+]1. The fourth-order valence-corrected chi connectivity index (χ4v) is 1.31. The van der Waals surface area contributed by atoms with Gasteiger partial charge in [0.15, 0.2) is 5.69 Å². The Morgan fingerprint density at radius 3 is 2.44 bits per heavy atom. The van der Waals surface area contributed by atoms with Crippen molar-refractivity contribution in [1.29, 1.82) is 0 Å². The summed E-state index contributed by atoms with van der Waals surface area (Å²) in [5, 5.41) is 8.18. The number of pyridine rings is 1. The molecular formula is C12H13N4+. The van der Waals surface area contributed by atoms with E-state index in [-0.39, 0.29) is 0 Å². The molecule has 3 N–H and O–H groups in total. The minimum atomic E-state index is 0.527. The third kappa shape index (κ3) is 2.42. The van der Waals surface area contributed by atoms with Crippen molar-refractivity contribution < 1.29 is 4.98 Å². The van der Waals surface area contributed by atoms with Gasteiger partial charge in [-0.15, -0.1) is 5.11 Å². The Labute approximate surface area is 93.9 Å². The van der Waals surface area contributed by atoms with E-state index in [4.69, 9.17) is 5.73 Å². The summed E-state index contributed by atoms with van der Waals surface area (Å²) in [7, 11) is 0. The number of anilines is 1. The second-order valence-electron chi connectivity index (χ2n) is 3.48. The van der Waals surface area contributed by atoms with Gasteiger partial charge in [0.1, 0.15) is 0 Å². The summed E-state index contributed by atoms with van der Waals surface area (Å²) >= 11 is 0. The molecule has 4 nitrogen and oxygen atoms in total. The Kier molecular flexibility index (Phi) is 2.91. The first-order valence-electron chi connectivity index (χ1n) is 5.01. The zero-order valence-electron chi connectivity index (χ0n) is 9.01. The third-order valence-electron chi connectivity index (χ3n) is 2.13. The van der Waals surface area contributed by atoms with Crippen molar-refractivity contribution in [3.05, 3.63) is 48.2 Å². The van der Waals surface area contributed by atoms with Gasteiger partial charge in [0, 0.05) is 0 Å². The predicted octanol–water partition coefficient (Wildman–Crippen LogP) is 2.81. The molecule has 0 unspecified atom stereocenters. The molecule has 16 heavy (non-hydrogen) atoms. The van der Waals surface area contributed by atoms with Crippen LogP contribution in [0.15, 0.2) is 52.7 Å². The number of rotatable bonds is 2. The molecule has 1 aromatic carbocycles. The van der Waals surface area contributed by atoms with Crippen LogP contribution >= 0.6 is 0 Å². The van der Waals surface area contributed by atoms with E-state index in [0.717, 1.165) is 11.4 Å². The lowest BCUT2D eigenvalue weighted by molar-refractivity contribution is -0.369. The Bertz CT molecular complexity index is 506. The van der Waals surface area contributed by atoms with Crippen molar-refractivity contribution in [3.8, 4) is 0 Å². The molecule has 1 heterocycles. The summed E-state index contributed by atoms with van der Waals surface area (Å²) in [5.74, 6) is 0.527. The summed E-state index contributed by atoms with van der Waals surface area (Å²) in [6.45, 7) is 1.94. The smallest absolute Gasteiger partial charge is 0.285 e. The lowest BCUT2D eigenvalue weighted by atomic mass is 10.3. The van der Waals surface area contributed by atoms with Gasteiger partial charge < -0.3 is 0 Å². The van der Waals surface area contributed by atoms with Crippen molar-refractivity contribution in [3.63, 3.8) is 0 Å². The maximum absolute atomic E-state index is 5.78. The van der Waals surface area contributed by atoms with Crippen LogP contribution in [-0.4, -0.2) is 0 Å². The zero-order chi connectivity index (χ0) is 11.4. The molecule has 1 aromatic heterocycles. The van der Waals surface area contributed by atoms with Gasteiger partial charge in [0.25, 0.3) is 5.82 Å². The van der Waals surface area contributed by atoms with E-state index in [1.165, 1.54) is 0 Å². The number of nitrogens with zero attached hydrogens (tertiary/aromatic N) is 2. The van der Waals surface area contributed by atoms with Gasteiger partial charge in [-0.3, -0.25) is 5.73 Å². The summed E-state index contributed by atoms with van der Waals surface area (Å²) in [4.78, 5) is 3.00. The van der Waals surface area contributed by atoms with Crippen LogP contribution in [0.1, 0.15) is 5.69 Å². The number of aromatic nitrogens is 1. The molecule has 80 valence electrons. The minimum absolute atomic E-state index is 0.527. The van der Waals surface area contributed by atoms with Crippen LogP contribution in [0.3, 0.4) is 0 Å². The molecule has 0 aliphatic rings. The van der Waals surface area contributed by atoms with Crippen molar-refractivity contribution in [2.24, 2.45) is 10.2 Å². The van der Waals surface area contributed by atoms with Crippen LogP contribution in [-0.2, 0) is 0 Å². The van der Waals surface area contributed by atoms with E-state index in [1.54, 1.807) is 0 Å². The van der Waals surface area contributed by atoms with Crippen LogP contribution in [0, 0.1) is 6.92 Å². The average molecular weight is 213 g/mol. The molecule has 0 spiro atoms. The number of aryl methyl sites for hydroxylation is 1. The number of nitrogens with two attached hydrogens (primary N) is 1. The molecule has 0 fully saturated rings. The van der Waals surface area contributed by atoms with Gasteiger partial charge in [-0.1, -0.05) is 18.2 Å². The number of nitrogens with one attached hydrogen (secondary N) is 1. The number of hydrogen-bond acceptors (Lipinski definition) is 3. The summed E-state index contributed by atoms with van der Waals surface area (Å²) in [6.07, 6.45) is 0. The van der Waals surface area contributed by atoms with Gasteiger partial charge in [0.2, 0.25) is 0 Å². The Hall–Kier alpha value is -2.23. The molecule has 0 amide bonds. The van der Waals surface area contributed by atoms with Gasteiger partial charge in [0.05, 0.1) is 11.4 Å². The van der Waals surface area contributed by atoms with Crippen LogP contribution in [0.2, 0.25) is 0 Å². The molecule has 0 aliphatic carbocycles. The normalized spacial score (nSPS) is 10.8. The number of H-pyrrole nitrogens is 1. The largest absolute Gasteiger partial charge is 0.298 e. The van der Waals surface area contributed by atoms with E-state index in [9.17, 15) is 0 Å². The lowest BCUT2D eigenvalue weighted by Crippen LogP contribution is -2.13. The topological polar surface area (TPSA) is 64.9 Å². The highest BCUT2D eigenvalue weighted by atomic mass is 15.1. The van der Waals surface area contributed by atoms with Gasteiger partial charge in [-0.05, 0) is 31.2 Å². The maximum Gasteiger partial charge on any atom is 0.298 e. The van der Waals surface area contributed by atoms with E-state index >= 15 is 0 Å². The number of azo groups is 1. The number of benzene rings is 1. The second kappa shape index (κ2) is 4.53. The minimum Gasteiger partial charge on any atom is -0.285 e. The monoisotopic (exact) mass is 213 g/mol. The number of nitrogen functional groups attached to an aromatic ring is 1. The third-order valence-corrected chi connectivity index (χ3v) is 2.13. The first-order chi connectivity index (χ1) is 7.75. The lowest BCUT2D eigenvalue weighted by Gasteiger charge is -1.94. The standard InChI is InChI=1S/C12H12N4/c1-9-7-8-11(12(13)14-9)16-15-10-5-3-2-4-6-10/h2-8H,1H3,(H2,13,14)/p+1. The molecule has 0 saturated heterocycles. The first kappa shape index (κ1) is 10.3. The van der Waals surface area contributed by atoms with Crippen molar-refractivity contribution >= 4 is 17.2 Å². The quantitative estimate of drug-likeness (QED) is 0.766. The molecule has 0 radical (unpaired) electrons. The van der Waals surface area contributed by atoms with Crippen molar-refractivity contribution in [2.45, 2.75) is 6.92 Å². The maximum atomic E-state index is 5.78. The van der Waals surface area contributed by atoms with Crippen LogP contribution < -0.4 is 10.7 Å². The molecule has 4 heteroatoms. The Balaban J connectivity index is 2.24. The molecule has 0 aliphatic heterocycles. The first-order valence-corrected chi connectivity index (χ1v) is 5.01.